The molecule has 1 saturated heterocycles. The summed E-state index contributed by atoms with van der Waals surface area (Å²) in [5.41, 5.74) is 2.21. The van der Waals surface area contributed by atoms with Gasteiger partial charge in [-0.1, -0.05) is 40.5 Å². The van der Waals surface area contributed by atoms with Gasteiger partial charge >= 0.3 is 0 Å². The molecule has 1 aliphatic rings. The van der Waals surface area contributed by atoms with Gasteiger partial charge in [0, 0.05) is 25.0 Å². The van der Waals surface area contributed by atoms with Gasteiger partial charge in [-0.15, -0.1) is 0 Å². The summed E-state index contributed by atoms with van der Waals surface area (Å²) in [7, 11) is 0. The molecule has 0 saturated carbocycles. The molecule has 1 aliphatic heterocycles. The maximum absolute atomic E-state index is 4.72. The predicted octanol–water partition coefficient (Wildman–Crippen LogP) is 3.55. The van der Waals surface area contributed by atoms with E-state index in [2.05, 4.69) is 55.8 Å². The zero-order valence-electron chi connectivity index (χ0n) is 15.6. The molecule has 3 heterocycles. The highest BCUT2D eigenvalue weighted by molar-refractivity contribution is 5.53. The maximum Gasteiger partial charge on any atom is 0.155 e. The molecule has 0 spiro atoms. The summed E-state index contributed by atoms with van der Waals surface area (Å²) in [6, 6.07) is 4.97. The first-order valence-electron chi connectivity index (χ1n) is 9.51. The zero-order chi connectivity index (χ0) is 17.1. The average molecular weight is 329 g/mol. The van der Waals surface area contributed by atoms with Crippen LogP contribution in [0.5, 0.6) is 0 Å². The van der Waals surface area contributed by atoms with Crippen LogP contribution in [0.15, 0.2) is 18.3 Å². The van der Waals surface area contributed by atoms with Crippen LogP contribution in [0.3, 0.4) is 0 Å². The van der Waals surface area contributed by atoms with Gasteiger partial charge in [-0.2, -0.15) is 5.10 Å². The normalized spacial score (nSPS) is 16.8. The van der Waals surface area contributed by atoms with Crippen molar-refractivity contribution in [2.24, 2.45) is 0 Å². The predicted molar refractivity (Wildman–Crippen MR) is 99.8 cm³/mol. The van der Waals surface area contributed by atoms with Gasteiger partial charge in [0.2, 0.25) is 0 Å². The molecule has 1 fully saturated rings. The fraction of sp³-hybridized carbons (Fsp3) is 0.684. The first-order chi connectivity index (χ1) is 11.7. The molecule has 0 aliphatic carbocycles. The SMILES string of the molecule is CCCCC(C)c1nc2ccc(N3CC(N(CC)CC)C3)cn2n1. The first kappa shape index (κ1) is 17.2. The van der Waals surface area contributed by atoms with Gasteiger partial charge in [0.15, 0.2) is 11.5 Å². The van der Waals surface area contributed by atoms with Crippen LogP contribution in [0.25, 0.3) is 5.65 Å². The highest BCUT2D eigenvalue weighted by Crippen LogP contribution is 2.25. The number of likely N-dealkylation sites (N-methyl/N-ethyl adjacent to an activating group) is 1. The lowest BCUT2D eigenvalue weighted by Gasteiger charge is -2.46. The van der Waals surface area contributed by atoms with Crippen molar-refractivity contribution in [3.8, 4) is 0 Å². The van der Waals surface area contributed by atoms with Gasteiger partial charge in [0.05, 0.1) is 11.9 Å². The third-order valence-corrected chi connectivity index (χ3v) is 5.32. The number of pyridine rings is 1. The van der Waals surface area contributed by atoms with Crippen molar-refractivity contribution >= 4 is 11.3 Å². The van der Waals surface area contributed by atoms with Gasteiger partial charge < -0.3 is 4.90 Å². The molecule has 0 radical (unpaired) electrons. The fourth-order valence-electron chi connectivity index (χ4n) is 3.56. The molecule has 3 rings (SSSR count). The first-order valence-corrected chi connectivity index (χ1v) is 9.51. The third kappa shape index (κ3) is 3.41. The van der Waals surface area contributed by atoms with Gasteiger partial charge in [0.1, 0.15) is 0 Å². The molecule has 2 aromatic rings. The van der Waals surface area contributed by atoms with Crippen LogP contribution in [-0.4, -0.2) is 51.7 Å². The lowest BCUT2D eigenvalue weighted by molar-refractivity contribution is 0.183. The van der Waals surface area contributed by atoms with E-state index in [1.807, 2.05) is 4.52 Å². The lowest BCUT2D eigenvalue weighted by Crippen LogP contribution is -2.59. The molecule has 1 atom stereocenters. The minimum absolute atomic E-state index is 0.435. The van der Waals surface area contributed by atoms with Gasteiger partial charge in [0.25, 0.3) is 0 Å². The molecule has 0 N–H and O–H groups in total. The fourth-order valence-corrected chi connectivity index (χ4v) is 3.56. The third-order valence-electron chi connectivity index (χ3n) is 5.32. The van der Waals surface area contributed by atoms with E-state index < -0.39 is 0 Å². The van der Waals surface area contributed by atoms with Crippen LogP contribution < -0.4 is 4.90 Å². The van der Waals surface area contributed by atoms with E-state index in [0.29, 0.717) is 12.0 Å². The van der Waals surface area contributed by atoms with Crippen molar-refractivity contribution in [2.75, 3.05) is 31.1 Å². The van der Waals surface area contributed by atoms with Crippen LogP contribution in [0.4, 0.5) is 5.69 Å². The van der Waals surface area contributed by atoms with E-state index in [9.17, 15) is 0 Å². The molecular weight excluding hydrogens is 298 g/mol. The molecule has 0 aromatic carbocycles. The van der Waals surface area contributed by atoms with Gasteiger partial charge in [-0.05, 0) is 31.6 Å². The minimum Gasteiger partial charge on any atom is -0.367 e. The Kier molecular flexibility index (Phi) is 5.39. The summed E-state index contributed by atoms with van der Waals surface area (Å²) in [6.07, 6.45) is 5.77. The molecule has 5 heteroatoms. The van der Waals surface area contributed by atoms with Crippen molar-refractivity contribution in [1.29, 1.82) is 0 Å². The molecular formula is C19H31N5. The summed E-state index contributed by atoms with van der Waals surface area (Å²) >= 11 is 0. The Balaban J connectivity index is 1.69. The summed E-state index contributed by atoms with van der Waals surface area (Å²) in [5.74, 6) is 1.41. The summed E-state index contributed by atoms with van der Waals surface area (Å²) in [6.45, 7) is 13.4. The second-order valence-corrected chi connectivity index (χ2v) is 6.98. The number of fused-ring (bicyclic) bond motifs is 1. The minimum atomic E-state index is 0.435. The molecule has 5 nitrogen and oxygen atoms in total. The Morgan fingerprint density at radius 3 is 2.62 bits per heavy atom. The molecule has 0 amide bonds. The second-order valence-electron chi connectivity index (χ2n) is 6.98. The Morgan fingerprint density at radius 2 is 1.96 bits per heavy atom. The van der Waals surface area contributed by atoms with E-state index >= 15 is 0 Å². The number of nitrogens with zero attached hydrogens (tertiary/aromatic N) is 5. The smallest absolute Gasteiger partial charge is 0.155 e. The number of hydrogen-bond acceptors (Lipinski definition) is 4. The van der Waals surface area contributed by atoms with Crippen molar-refractivity contribution in [3.05, 3.63) is 24.2 Å². The Hall–Kier alpha value is -1.62. The highest BCUT2D eigenvalue weighted by Gasteiger charge is 2.30. The standard InChI is InChI=1S/C19H31N5/c1-5-8-9-15(4)19-20-18-11-10-16(14-24(18)21-19)23-12-17(13-23)22(6-2)7-3/h10-11,14-15,17H,5-9,12-13H2,1-4H3. The summed E-state index contributed by atoms with van der Waals surface area (Å²) in [4.78, 5) is 9.68. The van der Waals surface area contributed by atoms with Crippen LogP contribution >= 0.6 is 0 Å². The highest BCUT2D eigenvalue weighted by atomic mass is 15.3. The van der Waals surface area contributed by atoms with Crippen LogP contribution in [0, 0.1) is 0 Å². The zero-order valence-corrected chi connectivity index (χ0v) is 15.6. The number of hydrogen-bond donors (Lipinski definition) is 0. The van der Waals surface area contributed by atoms with Crippen molar-refractivity contribution < 1.29 is 0 Å². The average Bonchev–Trinajstić information content (AvgIpc) is 2.98. The molecule has 0 bridgehead atoms. The van der Waals surface area contributed by atoms with Gasteiger partial charge in [-0.25, -0.2) is 9.50 Å². The van der Waals surface area contributed by atoms with Crippen LogP contribution in [0.2, 0.25) is 0 Å². The van der Waals surface area contributed by atoms with E-state index in [-0.39, 0.29) is 0 Å². The van der Waals surface area contributed by atoms with E-state index in [4.69, 9.17) is 10.1 Å². The van der Waals surface area contributed by atoms with Crippen molar-refractivity contribution in [2.45, 2.75) is 58.9 Å². The maximum atomic E-state index is 4.72. The van der Waals surface area contributed by atoms with Crippen molar-refractivity contribution in [3.63, 3.8) is 0 Å². The quantitative estimate of drug-likeness (QED) is 0.742. The van der Waals surface area contributed by atoms with Crippen LogP contribution in [-0.2, 0) is 0 Å². The van der Waals surface area contributed by atoms with Gasteiger partial charge in [-0.3, -0.25) is 4.90 Å². The van der Waals surface area contributed by atoms with E-state index in [0.717, 1.165) is 44.1 Å². The Morgan fingerprint density at radius 1 is 1.21 bits per heavy atom. The van der Waals surface area contributed by atoms with E-state index in [1.54, 1.807) is 0 Å². The molecule has 2 aromatic heterocycles. The monoisotopic (exact) mass is 329 g/mol. The number of rotatable bonds is 8. The number of unbranched alkanes of at least 4 members (excludes halogenated alkanes) is 1. The summed E-state index contributed by atoms with van der Waals surface area (Å²) in [5, 5.41) is 4.72. The second kappa shape index (κ2) is 7.51. The Labute approximate surface area is 145 Å². The van der Waals surface area contributed by atoms with Crippen molar-refractivity contribution in [1.82, 2.24) is 19.5 Å². The van der Waals surface area contributed by atoms with E-state index in [1.165, 1.54) is 18.5 Å². The Bertz CT molecular complexity index is 655. The van der Waals surface area contributed by atoms with Crippen LogP contribution in [0.1, 0.15) is 58.7 Å². The lowest BCUT2D eigenvalue weighted by atomic mass is 10.0. The number of aromatic nitrogens is 3. The largest absolute Gasteiger partial charge is 0.367 e. The molecule has 1 unspecified atom stereocenters. The number of anilines is 1. The summed E-state index contributed by atoms with van der Waals surface area (Å²) < 4.78 is 1.96. The topological polar surface area (TPSA) is 36.7 Å². The molecule has 132 valence electrons. The molecule has 24 heavy (non-hydrogen) atoms.